The monoisotopic (exact) mass is 243 g/mol. The SMILES string of the molecule is Cn1cc(Nc2cncc(N3CCCC3)c2)cn1. The van der Waals surface area contributed by atoms with E-state index >= 15 is 0 Å². The van der Waals surface area contributed by atoms with Crippen LogP contribution in [0.25, 0.3) is 0 Å². The third-order valence-electron chi connectivity index (χ3n) is 3.19. The van der Waals surface area contributed by atoms with E-state index in [0.29, 0.717) is 0 Å². The van der Waals surface area contributed by atoms with Gasteiger partial charge in [-0.2, -0.15) is 5.10 Å². The second-order valence-electron chi connectivity index (χ2n) is 4.65. The molecule has 0 saturated carbocycles. The number of aromatic nitrogens is 3. The summed E-state index contributed by atoms with van der Waals surface area (Å²) < 4.78 is 1.78. The number of nitrogens with one attached hydrogen (secondary N) is 1. The fourth-order valence-corrected chi connectivity index (χ4v) is 2.30. The Bertz CT molecular complexity index is 528. The van der Waals surface area contributed by atoms with Crippen LogP contribution in [0.3, 0.4) is 0 Å². The lowest BCUT2D eigenvalue weighted by molar-refractivity contribution is 0.768. The normalized spacial score (nSPS) is 15.1. The summed E-state index contributed by atoms with van der Waals surface area (Å²) in [6.45, 7) is 2.27. The molecule has 1 aliphatic heterocycles. The van der Waals surface area contributed by atoms with E-state index in [1.807, 2.05) is 31.8 Å². The number of aryl methyl sites for hydroxylation is 1. The molecular formula is C13H17N5. The van der Waals surface area contributed by atoms with Crippen LogP contribution >= 0.6 is 0 Å². The van der Waals surface area contributed by atoms with Crippen LogP contribution < -0.4 is 10.2 Å². The van der Waals surface area contributed by atoms with Gasteiger partial charge in [-0.05, 0) is 18.9 Å². The number of hydrogen-bond donors (Lipinski definition) is 1. The second kappa shape index (κ2) is 4.68. The maximum Gasteiger partial charge on any atom is 0.0770 e. The van der Waals surface area contributed by atoms with E-state index in [-0.39, 0.29) is 0 Å². The van der Waals surface area contributed by atoms with Crippen molar-refractivity contribution in [3.05, 3.63) is 30.9 Å². The molecule has 0 atom stereocenters. The zero-order valence-corrected chi connectivity index (χ0v) is 10.5. The zero-order valence-electron chi connectivity index (χ0n) is 10.5. The highest BCUT2D eigenvalue weighted by atomic mass is 15.3. The molecule has 5 nitrogen and oxygen atoms in total. The predicted molar refractivity (Wildman–Crippen MR) is 72.2 cm³/mol. The van der Waals surface area contributed by atoms with Crippen LogP contribution in [0.2, 0.25) is 0 Å². The summed E-state index contributed by atoms with van der Waals surface area (Å²) in [6, 6.07) is 2.14. The lowest BCUT2D eigenvalue weighted by Crippen LogP contribution is -2.17. The first-order valence-corrected chi connectivity index (χ1v) is 6.27. The van der Waals surface area contributed by atoms with Gasteiger partial charge in [-0.25, -0.2) is 0 Å². The van der Waals surface area contributed by atoms with Crippen molar-refractivity contribution in [3.8, 4) is 0 Å². The summed E-state index contributed by atoms with van der Waals surface area (Å²) in [6.07, 6.45) is 10.1. The van der Waals surface area contributed by atoms with Crippen LogP contribution in [0.1, 0.15) is 12.8 Å². The zero-order chi connectivity index (χ0) is 12.4. The van der Waals surface area contributed by atoms with E-state index in [1.54, 1.807) is 4.68 Å². The van der Waals surface area contributed by atoms with E-state index < -0.39 is 0 Å². The molecule has 0 unspecified atom stereocenters. The van der Waals surface area contributed by atoms with Crippen molar-refractivity contribution in [2.75, 3.05) is 23.3 Å². The average molecular weight is 243 g/mol. The average Bonchev–Trinajstić information content (AvgIpc) is 3.01. The van der Waals surface area contributed by atoms with Gasteiger partial charge in [0, 0.05) is 26.3 Å². The Balaban J connectivity index is 1.78. The van der Waals surface area contributed by atoms with E-state index in [2.05, 4.69) is 26.4 Å². The summed E-state index contributed by atoms with van der Waals surface area (Å²) in [5.41, 5.74) is 3.19. The Morgan fingerprint density at radius 1 is 1.11 bits per heavy atom. The second-order valence-corrected chi connectivity index (χ2v) is 4.65. The molecule has 2 aromatic rings. The van der Waals surface area contributed by atoms with Crippen molar-refractivity contribution in [1.82, 2.24) is 14.8 Å². The van der Waals surface area contributed by atoms with Gasteiger partial charge >= 0.3 is 0 Å². The number of hydrogen-bond acceptors (Lipinski definition) is 4. The molecule has 2 aromatic heterocycles. The van der Waals surface area contributed by atoms with Crippen molar-refractivity contribution >= 4 is 17.1 Å². The molecule has 1 saturated heterocycles. The molecule has 1 fully saturated rings. The highest BCUT2D eigenvalue weighted by Crippen LogP contribution is 2.23. The molecule has 0 spiro atoms. The lowest BCUT2D eigenvalue weighted by Gasteiger charge is -2.17. The van der Waals surface area contributed by atoms with Gasteiger partial charge in [0.1, 0.15) is 0 Å². The van der Waals surface area contributed by atoms with Crippen molar-refractivity contribution in [2.24, 2.45) is 7.05 Å². The van der Waals surface area contributed by atoms with Crippen LogP contribution in [-0.2, 0) is 7.05 Å². The topological polar surface area (TPSA) is 46.0 Å². The fourth-order valence-electron chi connectivity index (χ4n) is 2.30. The highest BCUT2D eigenvalue weighted by Gasteiger charge is 2.12. The number of anilines is 3. The van der Waals surface area contributed by atoms with E-state index in [9.17, 15) is 0 Å². The Morgan fingerprint density at radius 3 is 2.67 bits per heavy atom. The minimum atomic E-state index is 0.984. The number of rotatable bonds is 3. The van der Waals surface area contributed by atoms with E-state index in [0.717, 1.165) is 24.5 Å². The maximum atomic E-state index is 4.30. The van der Waals surface area contributed by atoms with Crippen LogP contribution in [0, 0.1) is 0 Å². The predicted octanol–water partition coefficient (Wildman–Crippen LogP) is 2.16. The van der Waals surface area contributed by atoms with E-state index in [1.165, 1.54) is 18.5 Å². The lowest BCUT2D eigenvalue weighted by atomic mass is 10.3. The largest absolute Gasteiger partial charge is 0.370 e. The van der Waals surface area contributed by atoms with Gasteiger partial charge in [0.05, 0.1) is 35.7 Å². The van der Waals surface area contributed by atoms with Gasteiger partial charge in [0.15, 0.2) is 0 Å². The van der Waals surface area contributed by atoms with Crippen LogP contribution in [0.15, 0.2) is 30.9 Å². The Hall–Kier alpha value is -2.04. The third-order valence-corrected chi connectivity index (χ3v) is 3.19. The van der Waals surface area contributed by atoms with Crippen LogP contribution in [0.5, 0.6) is 0 Å². The fraction of sp³-hybridized carbons (Fsp3) is 0.385. The molecule has 1 N–H and O–H groups in total. The van der Waals surface area contributed by atoms with Crippen LogP contribution in [0.4, 0.5) is 17.1 Å². The van der Waals surface area contributed by atoms with Gasteiger partial charge < -0.3 is 10.2 Å². The van der Waals surface area contributed by atoms with Gasteiger partial charge in [-0.15, -0.1) is 0 Å². The molecule has 94 valence electrons. The van der Waals surface area contributed by atoms with Gasteiger partial charge in [0.2, 0.25) is 0 Å². The number of nitrogens with zero attached hydrogens (tertiary/aromatic N) is 4. The van der Waals surface area contributed by atoms with Crippen LogP contribution in [-0.4, -0.2) is 27.9 Å². The molecule has 1 aliphatic rings. The molecule has 3 rings (SSSR count). The summed E-state index contributed by atoms with van der Waals surface area (Å²) in [5.74, 6) is 0. The Morgan fingerprint density at radius 2 is 1.94 bits per heavy atom. The molecule has 0 aromatic carbocycles. The first-order valence-electron chi connectivity index (χ1n) is 6.27. The molecule has 0 amide bonds. The first kappa shape index (κ1) is 11.1. The minimum absolute atomic E-state index is 0.984. The minimum Gasteiger partial charge on any atom is -0.370 e. The summed E-state index contributed by atoms with van der Waals surface area (Å²) in [7, 11) is 1.91. The summed E-state index contributed by atoms with van der Waals surface area (Å²) >= 11 is 0. The maximum absolute atomic E-state index is 4.30. The quantitative estimate of drug-likeness (QED) is 0.897. The summed E-state index contributed by atoms with van der Waals surface area (Å²) in [5, 5.41) is 7.45. The van der Waals surface area contributed by atoms with E-state index in [4.69, 9.17) is 0 Å². The van der Waals surface area contributed by atoms with Crippen molar-refractivity contribution in [1.29, 1.82) is 0 Å². The summed E-state index contributed by atoms with van der Waals surface area (Å²) in [4.78, 5) is 6.68. The van der Waals surface area contributed by atoms with Crippen molar-refractivity contribution in [2.45, 2.75) is 12.8 Å². The molecule has 18 heavy (non-hydrogen) atoms. The molecule has 0 aliphatic carbocycles. The smallest absolute Gasteiger partial charge is 0.0770 e. The standard InChI is InChI=1S/C13H17N5/c1-17-10-12(8-15-17)16-11-6-13(9-14-7-11)18-4-2-3-5-18/h6-10,16H,2-5H2,1H3. The molecule has 0 radical (unpaired) electrons. The Kier molecular flexibility index (Phi) is 2.88. The van der Waals surface area contributed by atoms with Crippen molar-refractivity contribution < 1.29 is 0 Å². The molecular weight excluding hydrogens is 226 g/mol. The van der Waals surface area contributed by atoms with Gasteiger partial charge in [-0.1, -0.05) is 0 Å². The third kappa shape index (κ3) is 2.30. The number of pyridine rings is 1. The Labute approximate surface area is 106 Å². The van der Waals surface area contributed by atoms with Gasteiger partial charge in [0.25, 0.3) is 0 Å². The molecule has 0 bridgehead atoms. The molecule has 5 heteroatoms. The first-order chi connectivity index (χ1) is 8.81. The van der Waals surface area contributed by atoms with Gasteiger partial charge in [-0.3, -0.25) is 9.67 Å². The molecule has 3 heterocycles. The van der Waals surface area contributed by atoms with Crippen molar-refractivity contribution in [3.63, 3.8) is 0 Å². The highest BCUT2D eigenvalue weighted by molar-refractivity contribution is 5.62.